The third kappa shape index (κ3) is 3.41. The summed E-state index contributed by atoms with van der Waals surface area (Å²) in [5, 5.41) is 12.4. The van der Waals surface area contributed by atoms with Crippen LogP contribution in [-0.4, -0.2) is 21.9 Å². The molecule has 1 rings (SSSR count). The van der Waals surface area contributed by atoms with E-state index >= 15 is 0 Å². The average Bonchev–Trinajstić information content (AvgIpc) is 2.32. The molecule has 0 N–H and O–H groups in total. The highest BCUT2D eigenvalue weighted by atomic mass is 16.5. The van der Waals surface area contributed by atoms with Gasteiger partial charge >= 0.3 is 5.97 Å². The van der Waals surface area contributed by atoms with Crippen molar-refractivity contribution in [3.05, 3.63) is 28.2 Å². The second-order valence-corrected chi connectivity index (χ2v) is 3.46. The van der Waals surface area contributed by atoms with Crippen molar-refractivity contribution < 1.29 is 9.53 Å². The van der Waals surface area contributed by atoms with Crippen LogP contribution in [0.2, 0.25) is 0 Å². The Balaban J connectivity index is 2.92. The van der Waals surface area contributed by atoms with Gasteiger partial charge in [-0.2, -0.15) is 10.4 Å². The molecule has 1 atom stereocenters. The fraction of sp³-hybridized carbons (Fsp3) is 0.455. The number of hydrogen-bond donors (Lipinski definition) is 0. The summed E-state index contributed by atoms with van der Waals surface area (Å²) in [4.78, 5) is 22.9. The largest absolute Gasteiger partial charge is 0.442 e. The topological polar surface area (TPSA) is 85.0 Å². The highest BCUT2D eigenvalue weighted by Crippen LogP contribution is 1.99. The molecule has 1 aromatic rings. The number of carbonyl (C=O) groups is 1. The second kappa shape index (κ2) is 5.80. The van der Waals surface area contributed by atoms with Crippen molar-refractivity contribution in [2.45, 2.75) is 32.9 Å². The van der Waals surface area contributed by atoms with Gasteiger partial charge in [0.15, 0.2) is 11.8 Å². The van der Waals surface area contributed by atoms with Crippen LogP contribution in [0.15, 0.2) is 16.9 Å². The summed E-state index contributed by atoms with van der Waals surface area (Å²) < 4.78 is 5.98. The number of ether oxygens (including phenoxy) is 1. The van der Waals surface area contributed by atoms with Crippen LogP contribution in [-0.2, 0) is 11.3 Å². The number of nitrogens with zero attached hydrogens (tertiary/aromatic N) is 3. The Labute approximate surface area is 98.4 Å². The number of nitriles is 1. The van der Waals surface area contributed by atoms with Crippen molar-refractivity contribution in [2.24, 2.45) is 0 Å². The summed E-state index contributed by atoms with van der Waals surface area (Å²) in [6.07, 6.45) is -0.101. The van der Waals surface area contributed by atoms with E-state index in [4.69, 9.17) is 10.00 Å². The summed E-state index contributed by atoms with van der Waals surface area (Å²) in [6, 6.07) is 4.33. The Bertz CT molecular complexity index is 501. The van der Waals surface area contributed by atoms with Crippen LogP contribution in [0.1, 0.15) is 30.8 Å². The standard InChI is InChI=1S/C11H13N3O3/c1-3-6-14-10(15)5-4-9(13-14)11(16)17-8(2)7-12/h4-5,8H,3,6H2,1-2H3/t8-/m0/s1. The van der Waals surface area contributed by atoms with E-state index in [1.165, 1.54) is 23.7 Å². The molecule has 0 spiro atoms. The van der Waals surface area contributed by atoms with Crippen LogP contribution < -0.4 is 5.56 Å². The lowest BCUT2D eigenvalue weighted by Crippen LogP contribution is -2.25. The maximum absolute atomic E-state index is 11.5. The molecule has 0 aromatic carbocycles. The van der Waals surface area contributed by atoms with Crippen molar-refractivity contribution in [3.63, 3.8) is 0 Å². The molecule has 1 heterocycles. The molecule has 90 valence electrons. The number of aryl methyl sites for hydroxylation is 1. The van der Waals surface area contributed by atoms with Crippen LogP contribution in [0, 0.1) is 11.3 Å². The van der Waals surface area contributed by atoms with E-state index in [0.717, 1.165) is 6.42 Å². The van der Waals surface area contributed by atoms with Crippen LogP contribution >= 0.6 is 0 Å². The zero-order valence-electron chi connectivity index (χ0n) is 9.71. The first-order valence-electron chi connectivity index (χ1n) is 5.27. The highest BCUT2D eigenvalue weighted by Gasteiger charge is 2.13. The minimum Gasteiger partial charge on any atom is -0.442 e. The Kier molecular flexibility index (Phi) is 4.40. The van der Waals surface area contributed by atoms with E-state index in [0.29, 0.717) is 6.54 Å². The number of aromatic nitrogens is 2. The summed E-state index contributed by atoms with van der Waals surface area (Å²) >= 11 is 0. The molecule has 1 aromatic heterocycles. The Morgan fingerprint density at radius 1 is 1.65 bits per heavy atom. The molecule has 6 nitrogen and oxygen atoms in total. The lowest BCUT2D eigenvalue weighted by molar-refractivity contribution is 0.0425. The van der Waals surface area contributed by atoms with Gasteiger partial charge in [0.2, 0.25) is 0 Å². The molecule has 0 amide bonds. The molecular formula is C11H13N3O3. The van der Waals surface area contributed by atoms with Gasteiger partial charge in [0.05, 0.1) is 0 Å². The lowest BCUT2D eigenvalue weighted by atomic mass is 10.3. The van der Waals surface area contributed by atoms with Crippen LogP contribution in [0.3, 0.4) is 0 Å². The minimum absolute atomic E-state index is 0.0279. The average molecular weight is 235 g/mol. The number of esters is 1. The summed E-state index contributed by atoms with van der Waals surface area (Å²) in [7, 11) is 0. The van der Waals surface area contributed by atoms with Crippen molar-refractivity contribution in [1.82, 2.24) is 9.78 Å². The van der Waals surface area contributed by atoms with Crippen LogP contribution in [0.25, 0.3) is 0 Å². The zero-order valence-corrected chi connectivity index (χ0v) is 9.71. The fourth-order valence-electron chi connectivity index (χ4n) is 1.18. The van der Waals surface area contributed by atoms with Gasteiger partial charge in [-0.1, -0.05) is 6.92 Å². The van der Waals surface area contributed by atoms with Crippen LogP contribution in [0.4, 0.5) is 0 Å². The number of hydrogen-bond acceptors (Lipinski definition) is 5. The zero-order chi connectivity index (χ0) is 12.8. The van der Waals surface area contributed by atoms with Crippen molar-refractivity contribution in [2.75, 3.05) is 0 Å². The Hall–Kier alpha value is -2.16. The van der Waals surface area contributed by atoms with E-state index < -0.39 is 12.1 Å². The van der Waals surface area contributed by atoms with E-state index in [9.17, 15) is 9.59 Å². The Morgan fingerprint density at radius 3 is 2.94 bits per heavy atom. The van der Waals surface area contributed by atoms with Gasteiger partial charge in [0.25, 0.3) is 5.56 Å². The van der Waals surface area contributed by atoms with Gasteiger partial charge in [-0.15, -0.1) is 0 Å². The SMILES string of the molecule is CCCn1nc(C(=O)O[C@@H](C)C#N)ccc1=O. The first-order valence-corrected chi connectivity index (χ1v) is 5.27. The number of rotatable bonds is 4. The smallest absolute Gasteiger partial charge is 0.360 e. The summed E-state index contributed by atoms with van der Waals surface area (Å²) in [5.74, 6) is -0.705. The highest BCUT2D eigenvalue weighted by molar-refractivity contribution is 5.87. The molecule has 0 aliphatic carbocycles. The minimum atomic E-state index is -0.837. The molecule has 0 fully saturated rings. The second-order valence-electron chi connectivity index (χ2n) is 3.46. The summed E-state index contributed by atoms with van der Waals surface area (Å²) in [6.45, 7) is 3.80. The fourth-order valence-corrected chi connectivity index (χ4v) is 1.18. The first-order chi connectivity index (χ1) is 8.08. The van der Waals surface area contributed by atoms with E-state index in [1.54, 1.807) is 6.07 Å². The Morgan fingerprint density at radius 2 is 2.35 bits per heavy atom. The van der Waals surface area contributed by atoms with Gasteiger partial charge in [0, 0.05) is 12.6 Å². The van der Waals surface area contributed by atoms with Crippen molar-refractivity contribution in [3.8, 4) is 6.07 Å². The van der Waals surface area contributed by atoms with Gasteiger partial charge in [-0.25, -0.2) is 9.48 Å². The van der Waals surface area contributed by atoms with Crippen LogP contribution in [0.5, 0.6) is 0 Å². The molecule has 17 heavy (non-hydrogen) atoms. The van der Waals surface area contributed by atoms with Gasteiger partial charge in [-0.3, -0.25) is 4.79 Å². The van der Waals surface area contributed by atoms with E-state index in [1.807, 2.05) is 6.92 Å². The lowest BCUT2D eigenvalue weighted by Gasteiger charge is -2.07. The molecule has 0 bridgehead atoms. The van der Waals surface area contributed by atoms with Gasteiger partial charge in [0.1, 0.15) is 6.07 Å². The maximum Gasteiger partial charge on any atom is 0.360 e. The molecule has 0 aliphatic rings. The third-order valence-electron chi connectivity index (χ3n) is 1.98. The van der Waals surface area contributed by atoms with E-state index in [-0.39, 0.29) is 11.3 Å². The third-order valence-corrected chi connectivity index (χ3v) is 1.98. The predicted octanol–water partition coefficient (Wildman–Crippen LogP) is 0.722. The monoisotopic (exact) mass is 235 g/mol. The molecule has 0 unspecified atom stereocenters. The molecule has 0 aliphatic heterocycles. The predicted molar refractivity (Wildman–Crippen MR) is 59.3 cm³/mol. The maximum atomic E-state index is 11.5. The molecular weight excluding hydrogens is 222 g/mol. The first kappa shape index (κ1) is 12.9. The molecule has 0 saturated heterocycles. The quantitative estimate of drug-likeness (QED) is 0.718. The van der Waals surface area contributed by atoms with Gasteiger partial charge < -0.3 is 4.74 Å². The number of carbonyl (C=O) groups excluding carboxylic acids is 1. The van der Waals surface area contributed by atoms with E-state index in [2.05, 4.69) is 5.10 Å². The van der Waals surface area contributed by atoms with Crippen molar-refractivity contribution in [1.29, 1.82) is 5.26 Å². The van der Waals surface area contributed by atoms with Gasteiger partial charge in [-0.05, 0) is 19.4 Å². The molecule has 0 radical (unpaired) electrons. The molecule has 6 heteroatoms. The molecule has 0 saturated carbocycles. The normalized spacial score (nSPS) is 11.6. The summed E-state index contributed by atoms with van der Waals surface area (Å²) in [5.41, 5.74) is -0.239. The van der Waals surface area contributed by atoms with Crippen molar-refractivity contribution >= 4 is 5.97 Å².